The van der Waals surface area contributed by atoms with Gasteiger partial charge in [-0.2, -0.15) is 0 Å². The lowest BCUT2D eigenvalue weighted by Gasteiger charge is -2.48. The number of halogens is 1. The minimum atomic E-state index is -3.24. The van der Waals surface area contributed by atoms with Gasteiger partial charge in [0.2, 0.25) is 0 Å². The molecule has 3 aliphatic rings. The first kappa shape index (κ1) is 20.9. The number of hydrogen-bond acceptors (Lipinski definition) is 5. The Hall–Kier alpha value is -2.95. The van der Waals surface area contributed by atoms with Gasteiger partial charge < -0.3 is 33.2 Å². The van der Waals surface area contributed by atoms with Gasteiger partial charge in [-0.1, -0.05) is 91.0 Å². The van der Waals surface area contributed by atoms with Crippen molar-refractivity contribution in [1.82, 2.24) is 4.90 Å². The van der Waals surface area contributed by atoms with Crippen LogP contribution in [0, 0.1) is 0 Å². The van der Waals surface area contributed by atoms with Gasteiger partial charge in [0.05, 0.1) is 25.5 Å². The molecule has 3 aliphatic heterocycles. The molecule has 3 heterocycles. The van der Waals surface area contributed by atoms with E-state index in [1.807, 2.05) is 42.5 Å². The maximum absolute atomic E-state index is 14.4. The maximum atomic E-state index is 14.4. The fourth-order valence-corrected chi connectivity index (χ4v) is 6.35. The van der Waals surface area contributed by atoms with Crippen molar-refractivity contribution < 1.29 is 53.8 Å². The zero-order valence-electron chi connectivity index (χ0n) is 30.2. The Labute approximate surface area is 274 Å². The van der Waals surface area contributed by atoms with Crippen molar-refractivity contribution in [3.8, 4) is 0 Å². The minimum absolute atomic E-state index is 0. The molecule has 2 saturated heterocycles. The Bertz CT molecular complexity index is 1720. The molecule has 2 atom stereocenters. The molecule has 8 heteroatoms. The van der Waals surface area contributed by atoms with E-state index in [2.05, 4.69) is 4.99 Å². The summed E-state index contributed by atoms with van der Waals surface area (Å²) >= 11 is 1.27. The summed E-state index contributed by atoms with van der Waals surface area (Å²) in [5, 5.41) is -0.606. The Morgan fingerprint density at radius 1 is 1.02 bits per heavy atom. The Morgan fingerprint density at radius 2 is 1.59 bits per heavy atom. The SMILES string of the molecule is [2H]C1([2H])C([2H])([2H])C([2H])([2H])[N+](C)(CC2=C(C(=O)OC(c3ccccc3)c3ccccc3)N3C(=O)[C@@H](N=Cc4ccccc4)[C@H]3SC2)C1([2H])[2H].[I-]. The van der Waals surface area contributed by atoms with Crippen LogP contribution in [0.25, 0.3) is 0 Å². The zero-order valence-corrected chi connectivity index (χ0v) is 25.2. The first-order valence-corrected chi connectivity index (χ1v) is 14.0. The van der Waals surface area contributed by atoms with Crippen LogP contribution in [0.5, 0.6) is 0 Å². The van der Waals surface area contributed by atoms with E-state index in [9.17, 15) is 9.59 Å². The van der Waals surface area contributed by atoms with Crippen molar-refractivity contribution in [2.45, 2.75) is 30.3 Å². The van der Waals surface area contributed by atoms with Gasteiger partial charge in [0, 0.05) is 35.8 Å². The summed E-state index contributed by atoms with van der Waals surface area (Å²) < 4.78 is 73.2. The van der Waals surface area contributed by atoms with Crippen molar-refractivity contribution in [3.63, 3.8) is 0 Å². The number of likely N-dealkylation sites (N-methyl/N-ethyl adjacent to an activating group) is 1. The van der Waals surface area contributed by atoms with E-state index < -0.39 is 66.2 Å². The van der Waals surface area contributed by atoms with Gasteiger partial charge in [-0.3, -0.25) is 14.7 Å². The van der Waals surface area contributed by atoms with Gasteiger partial charge in [0.1, 0.15) is 17.6 Å². The normalized spacial score (nSPS) is 29.2. The van der Waals surface area contributed by atoms with Crippen molar-refractivity contribution >= 4 is 29.9 Å². The van der Waals surface area contributed by atoms with Crippen LogP contribution in [0.4, 0.5) is 0 Å². The fourth-order valence-electron chi connectivity index (χ4n) is 5.02. The summed E-state index contributed by atoms with van der Waals surface area (Å²) in [6.45, 7) is -6.74. The van der Waals surface area contributed by atoms with Gasteiger partial charge >= 0.3 is 5.97 Å². The summed E-state index contributed by atoms with van der Waals surface area (Å²) in [7, 11) is 1.11. The Balaban J connectivity index is 0.00000468. The summed E-state index contributed by atoms with van der Waals surface area (Å²) in [5.74, 6) is -1.35. The number of carbonyl (C=O) groups is 2. The number of nitrogens with zero attached hydrogens (tertiary/aromatic N) is 3. The van der Waals surface area contributed by atoms with Crippen LogP contribution in [0.2, 0.25) is 0 Å². The Kier molecular flexibility index (Phi) is 6.57. The number of esters is 1. The van der Waals surface area contributed by atoms with Crippen molar-refractivity contribution in [2.75, 3.05) is 32.3 Å². The number of hydrogen-bond donors (Lipinski definition) is 0. The lowest BCUT2D eigenvalue weighted by atomic mass is 10.0. The highest BCUT2D eigenvalue weighted by atomic mass is 127. The van der Waals surface area contributed by atoms with Crippen LogP contribution < -0.4 is 24.0 Å². The highest BCUT2D eigenvalue weighted by molar-refractivity contribution is 8.00. The number of benzene rings is 3. The van der Waals surface area contributed by atoms with E-state index in [1.165, 1.54) is 16.7 Å². The second kappa shape index (κ2) is 12.9. The highest BCUT2D eigenvalue weighted by Gasteiger charge is 2.54. The largest absolute Gasteiger partial charge is 1.00 e. The number of likely N-dealkylation sites (tertiary alicyclic amines) is 1. The van der Waals surface area contributed by atoms with Gasteiger partial charge in [-0.25, -0.2) is 4.79 Å². The predicted molar refractivity (Wildman–Crippen MR) is 159 cm³/mol. The molecular formula is C33H34IN3O3S. The number of β-lactam (4-membered cyclic amide) rings is 1. The average Bonchev–Trinajstić information content (AvgIpc) is 3.12. The number of ether oxygens (including phenoxy) is 1. The molecule has 0 aromatic heterocycles. The van der Waals surface area contributed by atoms with Crippen molar-refractivity contribution in [3.05, 3.63) is 119 Å². The topological polar surface area (TPSA) is 59.0 Å². The summed E-state index contributed by atoms with van der Waals surface area (Å²) in [5.41, 5.74) is 2.06. The van der Waals surface area contributed by atoms with Crippen molar-refractivity contribution in [1.29, 1.82) is 0 Å². The quantitative estimate of drug-likeness (QED) is 0.120. The van der Waals surface area contributed by atoms with Gasteiger partial charge in [0.25, 0.3) is 5.91 Å². The molecule has 3 aromatic carbocycles. The molecule has 41 heavy (non-hydrogen) atoms. The number of fused-ring (bicyclic) bond motifs is 1. The number of aliphatic imine (C=N–C) groups is 1. The number of thioether (sulfide) groups is 1. The van der Waals surface area contributed by atoms with Gasteiger partial charge in [-0.15, -0.1) is 11.8 Å². The third-order valence-corrected chi connectivity index (χ3v) is 8.33. The van der Waals surface area contributed by atoms with E-state index in [-0.39, 0.29) is 41.0 Å². The molecule has 0 N–H and O–H groups in total. The van der Waals surface area contributed by atoms with E-state index in [0.717, 1.165) is 12.6 Å². The van der Waals surface area contributed by atoms with Gasteiger partial charge in [0.15, 0.2) is 12.1 Å². The number of amides is 1. The van der Waals surface area contributed by atoms with E-state index in [0.29, 0.717) is 11.1 Å². The third kappa shape index (κ3) is 6.29. The first-order chi connectivity index (χ1) is 22.6. The molecule has 212 valence electrons. The van der Waals surface area contributed by atoms with Gasteiger partial charge in [-0.05, 0) is 16.7 Å². The highest BCUT2D eigenvalue weighted by Crippen LogP contribution is 2.43. The van der Waals surface area contributed by atoms with Crippen molar-refractivity contribution in [2.24, 2.45) is 4.99 Å². The first-order valence-electron chi connectivity index (χ1n) is 17.0. The summed E-state index contributed by atoms with van der Waals surface area (Å²) in [4.78, 5) is 33.9. The second-order valence-electron chi connectivity index (χ2n) is 9.93. The minimum Gasteiger partial charge on any atom is -1.00 e. The maximum Gasteiger partial charge on any atom is 0.356 e. The van der Waals surface area contributed by atoms with E-state index >= 15 is 0 Å². The molecule has 0 radical (unpaired) electrons. The van der Waals surface area contributed by atoms with Crippen LogP contribution in [-0.4, -0.2) is 71.2 Å². The van der Waals surface area contributed by atoms with Crippen LogP contribution in [0.3, 0.4) is 0 Å². The smallest absolute Gasteiger partial charge is 0.356 e. The number of rotatable bonds is 8. The Morgan fingerprint density at radius 3 is 2.17 bits per heavy atom. The van der Waals surface area contributed by atoms with Crippen LogP contribution in [0.15, 0.2) is 107 Å². The summed E-state index contributed by atoms with van der Waals surface area (Å²) in [6, 6.07) is 26.4. The molecule has 1 amide bonds. The molecule has 2 fully saturated rings. The molecule has 0 unspecified atom stereocenters. The fraction of sp³-hybridized carbons (Fsp3) is 0.303. The van der Waals surface area contributed by atoms with Crippen LogP contribution >= 0.6 is 11.8 Å². The van der Waals surface area contributed by atoms with Crippen LogP contribution in [-0.2, 0) is 14.3 Å². The summed E-state index contributed by atoms with van der Waals surface area (Å²) in [6.07, 6.45) is -5.77. The monoisotopic (exact) mass is 687 g/mol. The molecule has 0 bridgehead atoms. The predicted octanol–water partition coefficient (Wildman–Crippen LogP) is 2.22. The molecule has 3 aromatic rings. The number of quaternary nitrogens is 1. The van der Waals surface area contributed by atoms with Crippen LogP contribution in [0.1, 0.15) is 46.5 Å². The van der Waals surface area contributed by atoms with E-state index in [1.54, 1.807) is 54.7 Å². The van der Waals surface area contributed by atoms with E-state index in [4.69, 9.17) is 15.7 Å². The lowest BCUT2D eigenvalue weighted by Crippen LogP contribution is -3.00. The number of carbonyl (C=O) groups excluding carboxylic acids is 2. The third-order valence-electron chi connectivity index (χ3n) is 7.00. The lowest BCUT2D eigenvalue weighted by molar-refractivity contribution is -0.893. The average molecular weight is 688 g/mol. The zero-order chi connectivity index (χ0) is 34.7. The molecular weight excluding hydrogens is 645 g/mol. The second-order valence-corrected chi connectivity index (χ2v) is 11.0. The molecule has 6 nitrogen and oxygen atoms in total. The standard InChI is InChI=1S/C33H34N3O3S.HI/c1-36(19-11-12-20-36)22-27-23-40-32-28(34-21-24-13-5-2-6-14-24)31(37)35(32)29(27)33(38)39-30(25-15-7-3-8-16-25)26-17-9-4-10-18-26;/h2-10,13-18,21,28,30,32H,11-12,19-20,22-23H2,1H3;1H/q+1;/p-1/t28-,32-;/m1./s1/i11D2,12D2,19D2,20D2;. The molecule has 0 saturated carbocycles. The molecule has 6 rings (SSSR count). The molecule has 0 spiro atoms. The molecule has 0 aliphatic carbocycles.